The van der Waals surface area contributed by atoms with Crippen LogP contribution in [0.5, 0.6) is 0 Å². The van der Waals surface area contributed by atoms with E-state index in [2.05, 4.69) is 4.98 Å². The Labute approximate surface area is 103 Å². The molecule has 0 aliphatic carbocycles. The van der Waals surface area contributed by atoms with Gasteiger partial charge < -0.3 is 10.6 Å². The van der Waals surface area contributed by atoms with Gasteiger partial charge in [0.25, 0.3) is 0 Å². The molecule has 1 aromatic rings. The number of nitrogens with two attached hydrogens (primary N) is 1. The third-order valence-electron chi connectivity index (χ3n) is 3.10. The molecular weight excluding hydrogens is 214 g/mol. The lowest BCUT2D eigenvalue weighted by molar-refractivity contribution is -0.120. The van der Waals surface area contributed by atoms with Crippen molar-refractivity contribution < 1.29 is 4.79 Å². The van der Waals surface area contributed by atoms with E-state index in [4.69, 9.17) is 5.73 Å². The van der Waals surface area contributed by atoms with Crippen LogP contribution in [0.25, 0.3) is 0 Å². The lowest BCUT2D eigenvalue weighted by atomic mass is 9.98. The van der Waals surface area contributed by atoms with Gasteiger partial charge in [0.1, 0.15) is 0 Å². The van der Waals surface area contributed by atoms with E-state index in [0.29, 0.717) is 6.54 Å². The number of aromatic nitrogens is 1. The molecule has 0 radical (unpaired) electrons. The van der Waals surface area contributed by atoms with Crippen molar-refractivity contribution in [3.05, 3.63) is 24.5 Å². The lowest BCUT2D eigenvalue weighted by Gasteiger charge is -2.26. The molecule has 0 saturated carbocycles. The first-order valence-corrected chi connectivity index (χ1v) is 6.08. The molecule has 94 valence electrons. The monoisotopic (exact) mass is 235 g/mol. The van der Waals surface area contributed by atoms with E-state index in [9.17, 15) is 4.79 Å². The summed E-state index contributed by atoms with van der Waals surface area (Å²) in [7, 11) is 0. The second kappa shape index (κ2) is 6.35. The number of hydrogen-bond donors (Lipinski definition) is 1. The first kappa shape index (κ1) is 13.6. The first-order chi connectivity index (χ1) is 8.11. The van der Waals surface area contributed by atoms with Crippen molar-refractivity contribution in [1.82, 2.24) is 4.98 Å². The van der Waals surface area contributed by atoms with Gasteiger partial charge in [-0.15, -0.1) is 0 Å². The van der Waals surface area contributed by atoms with E-state index in [0.717, 1.165) is 12.1 Å². The Morgan fingerprint density at radius 1 is 1.41 bits per heavy atom. The zero-order chi connectivity index (χ0) is 12.8. The fraction of sp³-hybridized carbons (Fsp3) is 0.538. The largest absolute Gasteiger partial charge is 0.320 e. The van der Waals surface area contributed by atoms with E-state index in [1.165, 1.54) is 0 Å². The number of hydrogen-bond acceptors (Lipinski definition) is 3. The average Bonchev–Trinajstić information content (AvgIpc) is 2.38. The molecule has 17 heavy (non-hydrogen) atoms. The summed E-state index contributed by atoms with van der Waals surface area (Å²) < 4.78 is 0. The SMILES string of the molecule is CC[C@H](C)[C@H](N)C(=O)N(CC)c1ccncc1. The number of anilines is 1. The Morgan fingerprint density at radius 2 is 2.00 bits per heavy atom. The third-order valence-corrected chi connectivity index (χ3v) is 3.10. The van der Waals surface area contributed by atoms with Gasteiger partial charge in [0.2, 0.25) is 5.91 Å². The highest BCUT2D eigenvalue weighted by molar-refractivity contribution is 5.97. The van der Waals surface area contributed by atoms with Gasteiger partial charge in [0, 0.05) is 24.6 Å². The van der Waals surface area contributed by atoms with Crippen molar-refractivity contribution in [2.24, 2.45) is 11.7 Å². The summed E-state index contributed by atoms with van der Waals surface area (Å²) in [6.45, 7) is 6.61. The number of amides is 1. The van der Waals surface area contributed by atoms with Gasteiger partial charge in [-0.1, -0.05) is 20.3 Å². The summed E-state index contributed by atoms with van der Waals surface area (Å²) in [6, 6.07) is 3.21. The highest BCUT2D eigenvalue weighted by atomic mass is 16.2. The van der Waals surface area contributed by atoms with Gasteiger partial charge in [-0.05, 0) is 25.0 Å². The molecule has 1 amide bonds. The summed E-state index contributed by atoms with van der Waals surface area (Å²) in [6.07, 6.45) is 4.26. The fourth-order valence-corrected chi connectivity index (χ4v) is 1.67. The van der Waals surface area contributed by atoms with Crippen LogP contribution in [0.1, 0.15) is 27.2 Å². The minimum absolute atomic E-state index is 0.0203. The zero-order valence-electron chi connectivity index (χ0n) is 10.8. The topological polar surface area (TPSA) is 59.2 Å². The van der Waals surface area contributed by atoms with Crippen molar-refractivity contribution in [2.75, 3.05) is 11.4 Å². The van der Waals surface area contributed by atoms with Crippen molar-refractivity contribution in [3.63, 3.8) is 0 Å². The van der Waals surface area contributed by atoms with Gasteiger partial charge in [0.05, 0.1) is 6.04 Å². The molecule has 0 spiro atoms. The zero-order valence-corrected chi connectivity index (χ0v) is 10.8. The number of rotatable bonds is 5. The molecule has 4 nitrogen and oxygen atoms in total. The Kier molecular flexibility index (Phi) is 5.10. The van der Waals surface area contributed by atoms with Crippen LogP contribution in [0, 0.1) is 5.92 Å². The maximum absolute atomic E-state index is 12.3. The molecule has 2 N–H and O–H groups in total. The minimum Gasteiger partial charge on any atom is -0.320 e. The average molecular weight is 235 g/mol. The van der Waals surface area contributed by atoms with Crippen LogP contribution < -0.4 is 10.6 Å². The predicted octanol–water partition coefficient (Wildman–Crippen LogP) is 1.81. The van der Waals surface area contributed by atoms with Crippen molar-refractivity contribution in [1.29, 1.82) is 0 Å². The Bertz CT molecular complexity index is 353. The fourth-order valence-electron chi connectivity index (χ4n) is 1.67. The molecule has 0 unspecified atom stereocenters. The normalized spacial score (nSPS) is 14.1. The van der Waals surface area contributed by atoms with Gasteiger partial charge >= 0.3 is 0 Å². The molecule has 1 aromatic heterocycles. The van der Waals surface area contributed by atoms with E-state index in [-0.39, 0.29) is 11.8 Å². The Balaban J connectivity index is 2.85. The summed E-state index contributed by atoms with van der Waals surface area (Å²) in [5, 5.41) is 0. The molecule has 0 aromatic carbocycles. The van der Waals surface area contributed by atoms with Crippen LogP contribution in [0.3, 0.4) is 0 Å². The lowest BCUT2D eigenvalue weighted by Crippen LogP contribution is -2.47. The van der Waals surface area contributed by atoms with Crippen LogP contribution >= 0.6 is 0 Å². The summed E-state index contributed by atoms with van der Waals surface area (Å²) in [5.74, 6) is 0.173. The van der Waals surface area contributed by atoms with Crippen molar-refractivity contribution in [2.45, 2.75) is 33.2 Å². The van der Waals surface area contributed by atoms with Gasteiger partial charge in [-0.3, -0.25) is 9.78 Å². The molecule has 4 heteroatoms. The van der Waals surface area contributed by atoms with E-state index < -0.39 is 6.04 Å². The molecule has 0 aliphatic heterocycles. The molecule has 1 rings (SSSR count). The smallest absolute Gasteiger partial charge is 0.244 e. The molecule has 2 atom stereocenters. The predicted molar refractivity (Wildman–Crippen MR) is 69.7 cm³/mol. The van der Waals surface area contributed by atoms with Crippen LogP contribution in [0.4, 0.5) is 5.69 Å². The minimum atomic E-state index is -0.437. The Hall–Kier alpha value is -1.42. The third kappa shape index (κ3) is 3.27. The van der Waals surface area contributed by atoms with Gasteiger partial charge in [0.15, 0.2) is 0 Å². The van der Waals surface area contributed by atoms with Crippen molar-refractivity contribution >= 4 is 11.6 Å². The Morgan fingerprint density at radius 3 is 2.47 bits per heavy atom. The standard InChI is InChI=1S/C13H21N3O/c1-4-10(3)12(14)13(17)16(5-2)11-6-8-15-9-7-11/h6-10,12H,4-5,14H2,1-3H3/t10-,12-/m0/s1. The van der Waals surface area contributed by atoms with Gasteiger partial charge in [-0.2, -0.15) is 0 Å². The number of nitrogens with zero attached hydrogens (tertiary/aromatic N) is 2. The molecule has 0 bridgehead atoms. The van der Waals surface area contributed by atoms with Crippen LogP contribution in [0.15, 0.2) is 24.5 Å². The molecular formula is C13H21N3O. The van der Waals surface area contributed by atoms with Crippen molar-refractivity contribution in [3.8, 4) is 0 Å². The first-order valence-electron chi connectivity index (χ1n) is 6.08. The highest BCUT2D eigenvalue weighted by Gasteiger charge is 2.24. The maximum atomic E-state index is 12.3. The summed E-state index contributed by atoms with van der Waals surface area (Å²) >= 11 is 0. The van der Waals surface area contributed by atoms with Crippen LogP contribution in [-0.2, 0) is 4.79 Å². The second-order valence-electron chi connectivity index (χ2n) is 4.20. The maximum Gasteiger partial charge on any atom is 0.244 e. The second-order valence-corrected chi connectivity index (χ2v) is 4.20. The van der Waals surface area contributed by atoms with E-state index >= 15 is 0 Å². The number of carbonyl (C=O) groups is 1. The van der Waals surface area contributed by atoms with Gasteiger partial charge in [-0.25, -0.2) is 0 Å². The molecule has 0 saturated heterocycles. The van der Waals surface area contributed by atoms with Crippen LogP contribution in [0.2, 0.25) is 0 Å². The number of likely N-dealkylation sites (N-methyl/N-ethyl adjacent to an activating group) is 1. The molecule has 0 aliphatic rings. The quantitative estimate of drug-likeness (QED) is 0.846. The number of pyridine rings is 1. The summed E-state index contributed by atoms with van der Waals surface area (Å²) in [4.78, 5) is 17.9. The number of carbonyl (C=O) groups excluding carboxylic acids is 1. The molecule has 1 heterocycles. The van der Waals surface area contributed by atoms with E-state index in [1.807, 2.05) is 32.9 Å². The highest BCUT2D eigenvalue weighted by Crippen LogP contribution is 2.16. The van der Waals surface area contributed by atoms with Crippen LogP contribution in [-0.4, -0.2) is 23.5 Å². The summed E-state index contributed by atoms with van der Waals surface area (Å²) in [5.41, 5.74) is 6.83. The molecule has 0 fully saturated rings. The van der Waals surface area contributed by atoms with E-state index in [1.54, 1.807) is 17.3 Å².